The lowest BCUT2D eigenvalue weighted by atomic mass is 10.4. The highest BCUT2D eigenvalue weighted by Crippen LogP contribution is 2.24. The maximum Gasteiger partial charge on any atom is 0.312 e. The van der Waals surface area contributed by atoms with Crippen LogP contribution in [-0.2, 0) is 0 Å². The van der Waals surface area contributed by atoms with Crippen LogP contribution in [0, 0.1) is 10.1 Å². The van der Waals surface area contributed by atoms with Crippen molar-refractivity contribution in [3.8, 4) is 0 Å². The molecule has 1 heterocycles. The molecule has 5 nitrogen and oxygen atoms in total. The van der Waals surface area contributed by atoms with Gasteiger partial charge in [0.05, 0.1) is 4.92 Å². The largest absolute Gasteiger partial charge is 0.367 e. The van der Waals surface area contributed by atoms with Gasteiger partial charge in [-0.25, -0.2) is 4.98 Å². The number of nitrogens with one attached hydrogen (secondary N) is 1. The molecule has 12 heavy (non-hydrogen) atoms. The second-order valence-electron chi connectivity index (χ2n) is 1.90. The number of hydrogen-bond acceptors (Lipinski definition) is 4. The first-order valence-corrected chi connectivity index (χ1v) is 3.67. The Morgan fingerprint density at radius 1 is 1.92 bits per heavy atom. The van der Waals surface area contributed by atoms with E-state index in [-0.39, 0.29) is 11.5 Å². The van der Waals surface area contributed by atoms with E-state index in [1.54, 1.807) is 0 Å². The number of aromatic nitrogens is 1. The number of anilines is 1. The van der Waals surface area contributed by atoms with E-state index in [0.29, 0.717) is 4.47 Å². The highest BCUT2D eigenvalue weighted by molar-refractivity contribution is 9.10. The molecule has 0 aromatic carbocycles. The average molecular weight is 235 g/mol. The molecule has 6 heteroatoms. The van der Waals surface area contributed by atoms with Crippen LogP contribution >= 0.6 is 15.9 Å². The quantitative estimate of drug-likeness (QED) is 0.626. The van der Waals surface area contributed by atoms with Gasteiger partial charge in [0, 0.05) is 27.8 Å². The van der Waals surface area contributed by atoms with Crippen LogP contribution in [0.15, 0.2) is 16.7 Å². The minimum atomic E-state index is -2.51. The van der Waals surface area contributed by atoms with Crippen LogP contribution in [0.5, 0.6) is 0 Å². The van der Waals surface area contributed by atoms with Crippen molar-refractivity contribution in [2.45, 2.75) is 0 Å². The number of pyridine rings is 1. The van der Waals surface area contributed by atoms with E-state index in [1.807, 2.05) is 5.32 Å². The van der Waals surface area contributed by atoms with Crippen LogP contribution in [0.25, 0.3) is 0 Å². The summed E-state index contributed by atoms with van der Waals surface area (Å²) in [6.07, 6.45) is 1.28. The molecule has 0 saturated heterocycles. The van der Waals surface area contributed by atoms with Crippen molar-refractivity contribution in [2.75, 3.05) is 12.3 Å². The zero-order valence-electron chi connectivity index (χ0n) is 8.74. The Hall–Kier alpha value is -1.17. The van der Waals surface area contributed by atoms with E-state index in [2.05, 4.69) is 20.9 Å². The van der Waals surface area contributed by atoms with Crippen molar-refractivity contribution in [1.82, 2.24) is 4.98 Å². The first kappa shape index (κ1) is 5.47. The van der Waals surface area contributed by atoms with Crippen molar-refractivity contribution in [1.29, 1.82) is 0 Å². The van der Waals surface area contributed by atoms with Gasteiger partial charge < -0.3 is 5.32 Å². The predicted octanol–water partition coefficient (Wildman–Crippen LogP) is 1.79. The lowest BCUT2D eigenvalue weighted by Crippen LogP contribution is -1.98. The van der Waals surface area contributed by atoms with E-state index in [1.165, 1.54) is 12.3 Å². The van der Waals surface area contributed by atoms with Gasteiger partial charge in [0.15, 0.2) is 0 Å². The molecule has 1 aromatic heterocycles. The number of rotatable bonds is 2. The van der Waals surface area contributed by atoms with Crippen LogP contribution in [0.4, 0.5) is 11.5 Å². The fourth-order valence-electron chi connectivity index (χ4n) is 0.664. The number of halogens is 1. The summed E-state index contributed by atoms with van der Waals surface area (Å²) >= 11 is 3.01. The summed E-state index contributed by atoms with van der Waals surface area (Å²) in [6.45, 7) is -2.51. The summed E-state index contributed by atoms with van der Waals surface area (Å²) in [6, 6.07) is 1.18. The van der Waals surface area contributed by atoms with Gasteiger partial charge in [-0.3, -0.25) is 10.1 Å². The molecule has 0 aliphatic rings. The molecular weight excluding hydrogens is 226 g/mol. The lowest BCUT2D eigenvalue weighted by molar-refractivity contribution is -0.384. The summed E-state index contributed by atoms with van der Waals surface area (Å²) in [7, 11) is 0. The zero-order valence-corrected chi connectivity index (χ0v) is 7.33. The maximum absolute atomic E-state index is 10.6. The molecule has 64 valence electrons. The standard InChI is InChI=1S/C6H6BrN3O2/c1-8-6-5(10(11)12)2-4(7)3-9-6/h2-3H,1H3,(H,8,9)/i1D3. The molecule has 1 aromatic rings. The van der Waals surface area contributed by atoms with Crippen molar-refractivity contribution < 1.29 is 9.04 Å². The van der Waals surface area contributed by atoms with Gasteiger partial charge in [-0.1, -0.05) is 0 Å². The SMILES string of the molecule is [2H]C([2H])([2H])Nc1ncc(Br)cc1[N+](=O)[O-]. The van der Waals surface area contributed by atoms with Crippen molar-refractivity contribution in [3.63, 3.8) is 0 Å². The van der Waals surface area contributed by atoms with Crippen molar-refractivity contribution in [3.05, 3.63) is 26.9 Å². The molecule has 0 fully saturated rings. The van der Waals surface area contributed by atoms with Gasteiger partial charge in [-0.2, -0.15) is 0 Å². The minimum Gasteiger partial charge on any atom is -0.367 e. The van der Waals surface area contributed by atoms with Crippen LogP contribution in [0.2, 0.25) is 0 Å². The van der Waals surface area contributed by atoms with E-state index in [9.17, 15) is 10.1 Å². The summed E-state index contributed by atoms with van der Waals surface area (Å²) in [4.78, 5) is 13.5. The minimum absolute atomic E-state index is 0.275. The van der Waals surface area contributed by atoms with Crippen LogP contribution in [0.1, 0.15) is 4.11 Å². The summed E-state index contributed by atoms with van der Waals surface area (Å²) in [5, 5.41) is 12.6. The normalized spacial score (nSPS) is 14.2. The van der Waals surface area contributed by atoms with E-state index < -0.39 is 11.9 Å². The van der Waals surface area contributed by atoms with Crippen LogP contribution in [-0.4, -0.2) is 16.9 Å². The molecule has 0 amide bonds. The van der Waals surface area contributed by atoms with Gasteiger partial charge in [-0.05, 0) is 15.9 Å². The van der Waals surface area contributed by atoms with E-state index in [0.717, 1.165) is 0 Å². The molecule has 0 radical (unpaired) electrons. The Kier molecular flexibility index (Phi) is 1.59. The first-order valence-electron chi connectivity index (χ1n) is 4.38. The van der Waals surface area contributed by atoms with Gasteiger partial charge in [0.25, 0.3) is 0 Å². The summed E-state index contributed by atoms with van der Waals surface area (Å²) in [5.74, 6) is -0.275. The third kappa shape index (κ3) is 1.70. The molecule has 0 bridgehead atoms. The van der Waals surface area contributed by atoms with Gasteiger partial charge in [0.2, 0.25) is 5.82 Å². The molecule has 1 N–H and O–H groups in total. The zero-order chi connectivity index (χ0) is 11.6. The Morgan fingerprint density at radius 2 is 2.67 bits per heavy atom. The van der Waals surface area contributed by atoms with Crippen molar-refractivity contribution in [2.24, 2.45) is 0 Å². The number of nitrogens with zero attached hydrogens (tertiary/aromatic N) is 2. The third-order valence-corrected chi connectivity index (χ3v) is 1.58. The van der Waals surface area contributed by atoms with Crippen molar-refractivity contribution >= 4 is 27.4 Å². The number of hydrogen-bond donors (Lipinski definition) is 1. The lowest BCUT2D eigenvalue weighted by Gasteiger charge is -1.99. The Labute approximate surface area is 81.3 Å². The molecular formula is C6H6BrN3O2. The predicted molar refractivity (Wildman–Crippen MR) is 48.1 cm³/mol. The molecule has 0 spiro atoms. The Balaban J connectivity index is 3.12. The average Bonchev–Trinajstić information content (AvgIpc) is 2.05. The summed E-state index contributed by atoms with van der Waals surface area (Å²) in [5.41, 5.74) is -0.388. The maximum atomic E-state index is 10.6. The smallest absolute Gasteiger partial charge is 0.312 e. The van der Waals surface area contributed by atoms with Gasteiger partial charge in [0.1, 0.15) is 0 Å². The molecule has 0 unspecified atom stereocenters. The topological polar surface area (TPSA) is 68.1 Å². The van der Waals surface area contributed by atoms with Crippen LogP contribution < -0.4 is 5.32 Å². The third-order valence-electron chi connectivity index (χ3n) is 1.15. The molecule has 0 aliphatic carbocycles. The second kappa shape index (κ2) is 3.48. The molecule has 0 saturated carbocycles. The van der Waals surface area contributed by atoms with E-state index in [4.69, 9.17) is 4.11 Å². The van der Waals surface area contributed by atoms with Gasteiger partial charge >= 0.3 is 5.69 Å². The highest BCUT2D eigenvalue weighted by atomic mass is 79.9. The first-order chi connectivity index (χ1) is 6.79. The Morgan fingerprint density at radius 3 is 3.25 bits per heavy atom. The van der Waals surface area contributed by atoms with Gasteiger partial charge in [-0.15, -0.1) is 0 Å². The fourth-order valence-corrected chi connectivity index (χ4v) is 0.983. The Bertz CT molecular complexity index is 396. The molecule has 0 atom stereocenters. The monoisotopic (exact) mass is 234 g/mol. The molecule has 0 aliphatic heterocycles. The second-order valence-corrected chi connectivity index (χ2v) is 2.82. The summed E-state index contributed by atoms with van der Waals surface area (Å²) < 4.78 is 21.1. The number of nitro groups is 1. The molecule has 1 rings (SSSR count). The highest BCUT2D eigenvalue weighted by Gasteiger charge is 2.13. The fraction of sp³-hybridized carbons (Fsp3) is 0.167. The van der Waals surface area contributed by atoms with Crippen LogP contribution in [0.3, 0.4) is 0 Å². The van der Waals surface area contributed by atoms with E-state index >= 15 is 0 Å².